The van der Waals surface area contributed by atoms with Gasteiger partial charge in [-0.3, -0.25) is 14.7 Å². The summed E-state index contributed by atoms with van der Waals surface area (Å²) in [7, 11) is 0. The molecule has 0 bridgehead atoms. The number of para-hydroxylation sites is 1. The number of carbonyl (C=O) groups excluding carboxylic acids is 2. The Morgan fingerprint density at radius 1 is 1.17 bits per heavy atom. The highest BCUT2D eigenvalue weighted by Gasteiger charge is 2.27. The summed E-state index contributed by atoms with van der Waals surface area (Å²) in [6.45, 7) is 8.31. The van der Waals surface area contributed by atoms with Gasteiger partial charge in [0.15, 0.2) is 6.61 Å². The zero-order valence-electron chi connectivity index (χ0n) is 18.0. The summed E-state index contributed by atoms with van der Waals surface area (Å²) in [5.41, 5.74) is 3.32. The van der Waals surface area contributed by atoms with E-state index in [0.29, 0.717) is 18.0 Å². The summed E-state index contributed by atoms with van der Waals surface area (Å²) in [4.78, 5) is 34.7. The number of aromatic nitrogens is 1. The highest BCUT2D eigenvalue weighted by molar-refractivity contribution is 6.05. The van der Waals surface area contributed by atoms with Crippen molar-refractivity contribution in [2.24, 2.45) is 5.92 Å². The van der Waals surface area contributed by atoms with E-state index in [-0.39, 0.29) is 12.5 Å². The minimum absolute atomic E-state index is 0.102. The van der Waals surface area contributed by atoms with Crippen LogP contribution in [-0.4, -0.2) is 59.4 Å². The van der Waals surface area contributed by atoms with Crippen molar-refractivity contribution < 1.29 is 14.3 Å². The fraction of sp³-hybridized carbons (Fsp3) is 0.542. The van der Waals surface area contributed by atoms with Crippen molar-refractivity contribution >= 4 is 22.8 Å². The van der Waals surface area contributed by atoms with Crippen molar-refractivity contribution in [3.63, 3.8) is 0 Å². The number of fused-ring (bicyclic) bond motifs is 2. The van der Waals surface area contributed by atoms with E-state index >= 15 is 0 Å². The second-order valence-corrected chi connectivity index (χ2v) is 8.59. The summed E-state index contributed by atoms with van der Waals surface area (Å²) < 4.78 is 5.56. The molecule has 1 aromatic carbocycles. The molecular weight excluding hydrogens is 378 g/mol. The lowest BCUT2D eigenvalue weighted by atomic mass is 9.95. The number of hydrogen-bond acceptors (Lipinski definition) is 5. The van der Waals surface area contributed by atoms with E-state index < -0.39 is 5.97 Å². The Morgan fingerprint density at radius 2 is 1.93 bits per heavy atom. The van der Waals surface area contributed by atoms with Crippen molar-refractivity contribution in [2.75, 3.05) is 32.8 Å². The first-order valence-corrected chi connectivity index (χ1v) is 11.1. The van der Waals surface area contributed by atoms with E-state index in [4.69, 9.17) is 9.72 Å². The number of likely N-dealkylation sites (tertiary alicyclic amines) is 1. The quantitative estimate of drug-likeness (QED) is 0.708. The number of benzene rings is 1. The summed E-state index contributed by atoms with van der Waals surface area (Å²) in [5.74, 6) is 0.134. The molecule has 2 aromatic rings. The van der Waals surface area contributed by atoms with Crippen molar-refractivity contribution in [2.45, 2.75) is 46.1 Å². The largest absolute Gasteiger partial charge is 0.452 e. The van der Waals surface area contributed by atoms with Crippen LogP contribution in [0.2, 0.25) is 0 Å². The van der Waals surface area contributed by atoms with Crippen LogP contribution in [0.5, 0.6) is 0 Å². The zero-order chi connectivity index (χ0) is 21.1. The highest BCUT2D eigenvalue weighted by Crippen LogP contribution is 2.29. The second-order valence-electron chi connectivity index (χ2n) is 8.59. The predicted molar refractivity (Wildman–Crippen MR) is 116 cm³/mol. The van der Waals surface area contributed by atoms with Gasteiger partial charge in [-0.15, -0.1) is 0 Å². The van der Waals surface area contributed by atoms with Crippen LogP contribution in [0.15, 0.2) is 24.3 Å². The van der Waals surface area contributed by atoms with Crippen molar-refractivity contribution in [1.82, 2.24) is 14.8 Å². The molecule has 1 amide bonds. The van der Waals surface area contributed by atoms with Gasteiger partial charge < -0.3 is 9.64 Å². The van der Waals surface area contributed by atoms with Gasteiger partial charge in [0.2, 0.25) is 0 Å². The molecule has 6 nitrogen and oxygen atoms in total. The van der Waals surface area contributed by atoms with Gasteiger partial charge in [0.25, 0.3) is 5.91 Å². The van der Waals surface area contributed by atoms with Gasteiger partial charge in [0.1, 0.15) is 0 Å². The molecule has 0 radical (unpaired) electrons. The van der Waals surface area contributed by atoms with Gasteiger partial charge >= 0.3 is 5.97 Å². The van der Waals surface area contributed by atoms with Crippen LogP contribution in [0, 0.1) is 5.92 Å². The van der Waals surface area contributed by atoms with Crippen LogP contribution in [0.3, 0.4) is 0 Å². The first-order chi connectivity index (χ1) is 14.6. The molecule has 4 rings (SSSR count). The van der Waals surface area contributed by atoms with E-state index in [1.54, 1.807) is 0 Å². The maximum atomic E-state index is 13.2. The van der Waals surface area contributed by atoms with E-state index in [2.05, 4.69) is 18.7 Å². The van der Waals surface area contributed by atoms with E-state index in [1.165, 1.54) is 0 Å². The van der Waals surface area contributed by atoms with E-state index in [9.17, 15) is 9.59 Å². The number of piperidine rings is 1. The minimum Gasteiger partial charge on any atom is -0.452 e. The molecule has 0 N–H and O–H groups in total. The maximum absolute atomic E-state index is 13.2. The first kappa shape index (κ1) is 20.8. The molecule has 0 aliphatic carbocycles. The van der Waals surface area contributed by atoms with Crippen LogP contribution < -0.4 is 0 Å². The lowest BCUT2D eigenvalue weighted by Crippen LogP contribution is -2.40. The smallest absolute Gasteiger partial charge is 0.339 e. The van der Waals surface area contributed by atoms with Gasteiger partial charge in [0.05, 0.1) is 11.1 Å². The fourth-order valence-electron chi connectivity index (χ4n) is 4.54. The molecule has 2 aliphatic heterocycles. The van der Waals surface area contributed by atoms with Crippen molar-refractivity contribution in [1.29, 1.82) is 0 Å². The molecule has 0 saturated carbocycles. The number of hydrogen-bond donors (Lipinski definition) is 0. The third-order valence-electron chi connectivity index (χ3n) is 6.33. The molecule has 2 aliphatic rings. The topological polar surface area (TPSA) is 62.7 Å². The molecular formula is C24H31N3O3. The molecule has 0 spiro atoms. The van der Waals surface area contributed by atoms with Gasteiger partial charge in [-0.2, -0.15) is 0 Å². The summed E-state index contributed by atoms with van der Waals surface area (Å²) in [6.07, 6.45) is 3.91. The predicted octanol–water partition coefficient (Wildman–Crippen LogP) is 3.42. The normalized spacial score (nSPS) is 17.7. The van der Waals surface area contributed by atoms with Crippen molar-refractivity contribution in [3.8, 4) is 0 Å². The molecule has 6 heteroatoms. The number of esters is 1. The Labute approximate surface area is 178 Å². The molecule has 1 saturated heterocycles. The number of ether oxygens (including phenoxy) is 1. The van der Waals surface area contributed by atoms with Crippen molar-refractivity contribution in [3.05, 3.63) is 41.1 Å². The number of amides is 1. The lowest BCUT2D eigenvalue weighted by Gasteiger charge is -2.30. The zero-order valence-corrected chi connectivity index (χ0v) is 18.0. The third-order valence-corrected chi connectivity index (χ3v) is 6.33. The van der Waals surface area contributed by atoms with Gasteiger partial charge in [0, 0.05) is 49.2 Å². The number of pyridine rings is 1. The average molecular weight is 410 g/mol. The summed E-state index contributed by atoms with van der Waals surface area (Å²) in [5, 5.41) is 0.804. The minimum atomic E-state index is -0.415. The van der Waals surface area contributed by atoms with Crippen LogP contribution in [0.1, 0.15) is 54.7 Å². The Kier molecular flexibility index (Phi) is 6.32. The molecule has 1 aromatic heterocycles. The standard InChI is InChI=1S/C24H31N3O3/c1-3-11-26-12-10-21-19(15-26)23(18-6-4-5-7-20(18)25-21)24(29)30-16-22(28)27-13-8-17(2)9-14-27/h4-7,17H,3,8-16H2,1-2H3. The maximum Gasteiger partial charge on any atom is 0.339 e. The monoisotopic (exact) mass is 409 g/mol. The van der Waals surface area contributed by atoms with Crippen LogP contribution >= 0.6 is 0 Å². The first-order valence-electron chi connectivity index (χ1n) is 11.1. The van der Waals surface area contributed by atoms with Crippen LogP contribution in [-0.2, 0) is 22.5 Å². The Morgan fingerprint density at radius 3 is 2.70 bits per heavy atom. The number of rotatable bonds is 5. The molecule has 0 atom stereocenters. The SMILES string of the molecule is CCCN1CCc2nc3ccccc3c(C(=O)OCC(=O)N3CCC(C)CC3)c2C1. The average Bonchev–Trinajstić information content (AvgIpc) is 2.76. The summed E-state index contributed by atoms with van der Waals surface area (Å²) in [6, 6.07) is 7.71. The van der Waals surface area contributed by atoms with Gasteiger partial charge in [-0.25, -0.2) is 4.79 Å². The summed E-state index contributed by atoms with van der Waals surface area (Å²) >= 11 is 0. The van der Waals surface area contributed by atoms with Gasteiger partial charge in [-0.05, 0) is 37.8 Å². The van der Waals surface area contributed by atoms with Crippen LogP contribution in [0.4, 0.5) is 0 Å². The fourth-order valence-corrected chi connectivity index (χ4v) is 4.54. The second kappa shape index (κ2) is 9.13. The number of carbonyl (C=O) groups is 2. The molecule has 160 valence electrons. The molecule has 3 heterocycles. The highest BCUT2D eigenvalue weighted by atomic mass is 16.5. The Balaban J connectivity index is 1.57. The van der Waals surface area contributed by atoms with E-state index in [0.717, 1.165) is 74.0 Å². The van der Waals surface area contributed by atoms with Crippen LogP contribution in [0.25, 0.3) is 10.9 Å². The van der Waals surface area contributed by atoms with Gasteiger partial charge in [-0.1, -0.05) is 32.0 Å². The Bertz CT molecular complexity index is 935. The third kappa shape index (κ3) is 4.33. The Hall–Kier alpha value is -2.47. The van der Waals surface area contributed by atoms with E-state index in [1.807, 2.05) is 29.2 Å². The molecule has 0 unspecified atom stereocenters. The lowest BCUT2D eigenvalue weighted by molar-refractivity contribution is -0.135. The number of nitrogens with zero attached hydrogens (tertiary/aromatic N) is 3. The molecule has 1 fully saturated rings. The molecule has 30 heavy (non-hydrogen) atoms.